The smallest absolute Gasteiger partial charge is 0.303 e. The fourth-order valence-corrected chi connectivity index (χ4v) is 0.354. The number of carbonyl (C=O) groups is 1. The second-order valence-corrected chi connectivity index (χ2v) is 2.10. The van der Waals surface area contributed by atoms with E-state index in [1.165, 1.54) is 20.6 Å². The van der Waals surface area contributed by atoms with Crippen LogP contribution < -0.4 is 0 Å². The zero-order valence-corrected chi connectivity index (χ0v) is 9.16. The summed E-state index contributed by atoms with van der Waals surface area (Å²) < 4.78 is 0. The first-order chi connectivity index (χ1) is 4.68. The van der Waals surface area contributed by atoms with Crippen molar-refractivity contribution in [2.24, 2.45) is 0 Å². The Kier molecular flexibility index (Phi) is 26.4. The van der Waals surface area contributed by atoms with Crippen molar-refractivity contribution in [1.82, 2.24) is 0 Å². The van der Waals surface area contributed by atoms with Gasteiger partial charge in [-0.05, 0) is 0 Å². The summed E-state index contributed by atoms with van der Waals surface area (Å²) in [6, 6.07) is 0. The molecule has 0 aliphatic heterocycles. The van der Waals surface area contributed by atoms with E-state index in [9.17, 15) is 4.79 Å². The number of carboxylic acid groups (broad SMARTS) is 1. The van der Waals surface area contributed by atoms with Crippen molar-refractivity contribution < 1.29 is 29.4 Å². The Labute approximate surface area is 84.1 Å². The second-order valence-electron chi connectivity index (χ2n) is 2.10. The maximum Gasteiger partial charge on any atom is 0.303 e. The molecular weight excluding hydrogens is 227 g/mol. The third-order valence-electron chi connectivity index (χ3n) is 1.01. The van der Waals surface area contributed by atoms with Gasteiger partial charge in [-0.2, -0.15) is 0 Å². The first-order valence-corrected chi connectivity index (χ1v) is 3.90. The Balaban J connectivity index is -0.000000107. The van der Waals surface area contributed by atoms with Crippen molar-refractivity contribution in [2.45, 2.75) is 26.6 Å². The summed E-state index contributed by atoms with van der Waals surface area (Å²) in [5, 5.41) is 7.72. The SMILES string of the molecule is BBBCC.CCC(=O)O.[Rh]. The molecule has 0 aliphatic carbocycles. The van der Waals surface area contributed by atoms with E-state index in [-0.39, 0.29) is 25.9 Å². The van der Waals surface area contributed by atoms with Gasteiger partial charge in [0.05, 0.1) is 22.0 Å². The predicted molar refractivity (Wildman–Crippen MR) is 51.2 cm³/mol. The number of hydrogen-bond acceptors (Lipinski definition) is 1. The minimum atomic E-state index is -0.745. The molecule has 0 fully saturated rings. The van der Waals surface area contributed by atoms with E-state index in [1.807, 2.05) is 0 Å². The molecular formula is C5H15B3O2Rh. The zero-order valence-electron chi connectivity index (χ0n) is 7.52. The van der Waals surface area contributed by atoms with Crippen molar-refractivity contribution in [3.05, 3.63) is 0 Å². The zero-order chi connectivity index (χ0) is 8.41. The molecule has 1 radical (unpaired) electrons. The van der Waals surface area contributed by atoms with E-state index < -0.39 is 5.97 Å². The summed E-state index contributed by atoms with van der Waals surface area (Å²) in [5.41, 5.74) is 0. The van der Waals surface area contributed by atoms with Gasteiger partial charge in [0.15, 0.2) is 0 Å². The normalized spacial score (nSPS) is 6.36. The molecule has 0 aromatic rings. The molecule has 0 aromatic heterocycles. The van der Waals surface area contributed by atoms with Crippen LogP contribution in [-0.4, -0.2) is 33.0 Å². The van der Waals surface area contributed by atoms with Crippen LogP contribution in [0.1, 0.15) is 20.3 Å². The van der Waals surface area contributed by atoms with Crippen LogP contribution in [-0.2, 0) is 24.3 Å². The minimum absolute atomic E-state index is 0. The monoisotopic (exact) mass is 243 g/mol. The molecule has 6 heteroatoms. The quantitative estimate of drug-likeness (QED) is 0.661. The van der Waals surface area contributed by atoms with Gasteiger partial charge in [-0.25, -0.2) is 0 Å². The molecule has 0 rings (SSSR count). The molecule has 0 heterocycles. The molecule has 0 saturated carbocycles. The minimum Gasteiger partial charge on any atom is -0.481 e. The Hall–Kier alpha value is 0.288. The number of rotatable bonds is 3. The topological polar surface area (TPSA) is 37.3 Å². The van der Waals surface area contributed by atoms with Gasteiger partial charge in [0.1, 0.15) is 0 Å². The molecule has 0 atom stereocenters. The fourth-order valence-electron chi connectivity index (χ4n) is 0.354. The van der Waals surface area contributed by atoms with E-state index in [1.54, 1.807) is 6.92 Å². The molecule has 11 heavy (non-hydrogen) atoms. The van der Waals surface area contributed by atoms with Gasteiger partial charge >= 0.3 is 5.97 Å². The van der Waals surface area contributed by atoms with Crippen LogP contribution in [0, 0.1) is 0 Å². The van der Waals surface area contributed by atoms with Gasteiger partial charge in [-0.1, -0.05) is 20.2 Å². The second kappa shape index (κ2) is 16.7. The molecule has 0 unspecified atom stereocenters. The molecule has 0 saturated heterocycles. The third kappa shape index (κ3) is 38.4. The summed E-state index contributed by atoms with van der Waals surface area (Å²) in [7, 11) is 4.94. The first-order valence-electron chi connectivity index (χ1n) is 3.90. The summed E-state index contributed by atoms with van der Waals surface area (Å²) in [5.74, 6) is -0.745. The molecule has 0 amide bonds. The fraction of sp³-hybridized carbons (Fsp3) is 0.800. The van der Waals surface area contributed by atoms with Crippen molar-refractivity contribution >= 4 is 27.9 Å². The maximum atomic E-state index is 9.37. The summed E-state index contributed by atoms with van der Waals surface area (Å²) >= 11 is 0. The number of aliphatic carboxylic acids is 1. The molecule has 0 aromatic carbocycles. The number of hydrogen-bond donors (Lipinski definition) is 1. The van der Waals surface area contributed by atoms with E-state index in [4.69, 9.17) is 5.11 Å². The summed E-state index contributed by atoms with van der Waals surface area (Å²) in [6.07, 6.45) is 1.57. The van der Waals surface area contributed by atoms with Crippen molar-refractivity contribution in [2.75, 3.05) is 0 Å². The molecule has 0 spiro atoms. The van der Waals surface area contributed by atoms with Crippen LogP contribution in [0.4, 0.5) is 0 Å². The summed E-state index contributed by atoms with van der Waals surface area (Å²) in [4.78, 5) is 9.37. The van der Waals surface area contributed by atoms with Crippen LogP contribution in [0.5, 0.6) is 0 Å². The van der Waals surface area contributed by atoms with E-state index in [0.717, 1.165) is 0 Å². The summed E-state index contributed by atoms with van der Waals surface area (Å²) in [6.45, 7) is 3.81. The van der Waals surface area contributed by atoms with Crippen molar-refractivity contribution in [1.29, 1.82) is 0 Å². The van der Waals surface area contributed by atoms with Crippen molar-refractivity contribution in [3.63, 3.8) is 0 Å². The van der Waals surface area contributed by atoms with Crippen LogP contribution in [0.25, 0.3) is 0 Å². The average Bonchev–Trinajstić information content (AvgIpc) is 1.91. The van der Waals surface area contributed by atoms with Gasteiger partial charge in [0.25, 0.3) is 0 Å². The molecule has 0 bridgehead atoms. The van der Waals surface area contributed by atoms with Gasteiger partial charge in [-0.3, -0.25) is 4.79 Å². The average molecular weight is 243 g/mol. The maximum absolute atomic E-state index is 9.37. The molecule has 0 aliphatic rings. The van der Waals surface area contributed by atoms with Gasteiger partial charge in [0.2, 0.25) is 0 Å². The predicted octanol–water partition coefficient (Wildman–Crippen LogP) is -0.761. The van der Waals surface area contributed by atoms with Gasteiger partial charge in [0, 0.05) is 25.9 Å². The van der Waals surface area contributed by atoms with Crippen LogP contribution in [0.3, 0.4) is 0 Å². The van der Waals surface area contributed by atoms with Crippen LogP contribution in [0.2, 0.25) is 6.32 Å². The van der Waals surface area contributed by atoms with Gasteiger partial charge < -0.3 is 5.11 Å². The standard InChI is InChI=1S/C3H6O2.C2H9B3.Rh/c1-2-3(4)5;1-2-4-5-3;/h2H2,1H3,(H,4,5);4-5H,2-3H2,1H3;. The van der Waals surface area contributed by atoms with Crippen molar-refractivity contribution in [3.8, 4) is 0 Å². The number of carboxylic acids is 1. The van der Waals surface area contributed by atoms with E-state index in [0.29, 0.717) is 0 Å². The Morgan fingerprint density at radius 3 is 1.91 bits per heavy atom. The first kappa shape index (κ1) is 17.4. The Morgan fingerprint density at radius 2 is 1.91 bits per heavy atom. The van der Waals surface area contributed by atoms with E-state index >= 15 is 0 Å². The molecule has 1 N–H and O–H groups in total. The van der Waals surface area contributed by atoms with Crippen LogP contribution >= 0.6 is 0 Å². The van der Waals surface area contributed by atoms with Crippen LogP contribution in [0.15, 0.2) is 0 Å². The van der Waals surface area contributed by atoms with Gasteiger partial charge in [-0.15, -0.1) is 0 Å². The van der Waals surface area contributed by atoms with E-state index in [2.05, 4.69) is 14.7 Å². The Morgan fingerprint density at radius 1 is 1.55 bits per heavy atom. The molecule has 65 valence electrons. The third-order valence-corrected chi connectivity index (χ3v) is 1.01. The largest absolute Gasteiger partial charge is 0.481 e. The molecule has 2 nitrogen and oxygen atoms in total. The Bertz CT molecular complexity index is 80.1.